The highest BCUT2D eigenvalue weighted by Gasteiger charge is 2.09. The minimum atomic E-state index is -0.0703. The Kier molecular flexibility index (Phi) is 6.15. The summed E-state index contributed by atoms with van der Waals surface area (Å²) in [5, 5.41) is 2.97. The van der Waals surface area contributed by atoms with E-state index >= 15 is 0 Å². The fraction of sp³-hybridized carbons (Fsp3) is 0.368. The third-order valence-electron chi connectivity index (χ3n) is 3.78. The molecule has 0 fully saturated rings. The van der Waals surface area contributed by atoms with Gasteiger partial charge in [-0.25, -0.2) is 4.98 Å². The molecule has 0 unspecified atom stereocenters. The van der Waals surface area contributed by atoms with Crippen LogP contribution in [0, 0.1) is 6.92 Å². The first-order valence-corrected chi connectivity index (χ1v) is 8.11. The van der Waals surface area contributed by atoms with E-state index < -0.39 is 0 Å². The van der Waals surface area contributed by atoms with Crippen LogP contribution in [0.2, 0.25) is 0 Å². The highest BCUT2D eigenvalue weighted by molar-refractivity contribution is 5.94. The molecule has 1 amide bonds. The first-order valence-electron chi connectivity index (χ1n) is 8.11. The van der Waals surface area contributed by atoms with Crippen LogP contribution in [-0.2, 0) is 6.54 Å². The molecular formula is C19H25N3O. The molecule has 1 N–H and O–H groups in total. The van der Waals surface area contributed by atoms with E-state index in [1.54, 1.807) is 12.3 Å². The molecule has 4 nitrogen and oxygen atoms in total. The van der Waals surface area contributed by atoms with Gasteiger partial charge in [-0.05, 0) is 31.0 Å². The topological polar surface area (TPSA) is 45.2 Å². The van der Waals surface area contributed by atoms with Crippen LogP contribution in [0.1, 0.15) is 41.3 Å². The van der Waals surface area contributed by atoms with Gasteiger partial charge < -0.3 is 10.2 Å². The zero-order valence-electron chi connectivity index (χ0n) is 14.2. The minimum Gasteiger partial charge on any atom is -0.360 e. The second-order valence-corrected chi connectivity index (χ2v) is 5.85. The molecule has 4 heteroatoms. The zero-order valence-corrected chi connectivity index (χ0v) is 14.2. The van der Waals surface area contributed by atoms with E-state index in [4.69, 9.17) is 0 Å². The van der Waals surface area contributed by atoms with Gasteiger partial charge in [0.15, 0.2) is 0 Å². The number of amides is 1. The van der Waals surface area contributed by atoms with Gasteiger partial charge in [-0.3, -0.25) is 4.79 Å². The van der Waals surface area contributed by atoms with Crippen molar-refractivity contribution in [1.29, 1.82) is 0 Å². The predicted octanol–water partition coefficient (Wildman–Crippen LogP) is 3.56. The number of rotatable bonds is 7. The monoisotopic (exact) mass is 311 g/mol. The Morgan fingerprint density at radius 3 is 2.83 bits per heavy atom. The Hall–Kier alpha value is -2.36. The SMILES string of the molecule is CCCCN(C)c1cc(C(=O)NCc2cccc(C)c2)ccn1. The summed E-state index contributed by atoms with van der Waals surface area (Å²) in [5.41, 5.74) is 2.94. The van der Waals surface area contributed by atoms with Crippen LogP contribution in [0.25, 0.3) is 0 Å². The molecule has 1 heterocycles. The van der Waals surface area contributed by atoms with E-state index in [0.717, 1.165) is 30.8 Å². The molecule has 2 rings (SSSR count). The number of nitrogens with one attached hydrogen (secondary N) is 1. The summed E-state index contributed by atoms with van der Waals surface area (Å²) in [4.78, 5) is 18.8. The number of hydrogen-bond donors (Lipinski definition) is 1. The number of hydrogen-bond acceptors (Lipinski definition) is 3. The van der Waals surface area contributed by atoms with E-state index in [0.29, 0.717) is 12.1 Å². The Balaban J connectivity index is 1.99. The van der Waals surface area contributed by atoms with Crippen molar-refractivity contribution in [3.63, 3.8) is 0 Å². The molecule has 0 bridgehead atoms. The largest absolute Gasteiger partial charge is 0.360 e. The minimum absolute atomic E-state index is 0.0703. The van der Waals surface area contributed by atoms with Crippen molar-refractivity contribution in [1.82, 2.24) is 10.3 Å². The number of anilines is 1. The van der Waals surface area contributed by atoms with Crippen LogP contribution in [0.3, 0.4) is 0 Å². The highest BCUT2D eigenvalue weighted by Crippen LogP contribution is 2.12. The van der Waals surface area contributed by atoms with Gasteiger partial charge in [0.05, 0.1) is 0 Å². The van der Waals surface area contributed by atoms with Gasteiger partial charge in [0, 0.05) is 31.9 Å². The van der Waals surface area contributed by atoms with Crippen LogP contribution in [0.5, 0.6) is 0 Å². The van der Waals surface area contributed by atoms with Crippen LogP contribution in [0.4, 0.5) is 5.82 Å². The number of nitrogens with zero attached hydrogens (tertiary/aromatic N) is 2. The normalized spacial score (nSPS) is 10.4. The maximum absolute atomic E-state index is 12.3. The summed E-state index contributed by atoms with van der Waals surface area (Å²) in [5.74, 6) is 0.765. The van der Waals surface area contributed by atoms with Gasteiger partial charge in [0.2, 0.25) is 0 Å². The molecule has 0 saturated heterocycles. The fourth-order valence-electron chi connectivity index (χ4n) is 2.38. The number of unbranched alkanes of at least 4 members (excludes halogenated alkanes) is 1. The molecule has 0 aliphatic heterocycles. The lowest BCUT2D eigenvalue weighted by Crippen LogP contribution is -2.24. The quantitative estimate of drug-likeness (QED) is 0.850. The summed E-state index contributed by atoms with van der Waals surface area (Å²) in [6, 6.07) is 11.8. The molecule has 1 aromatic carbocycles. The number of carbonyl (C=O) groups is 1. The predicted molar refractivity (Wildman–Crippen MR) is 94.8 cm³/mol. The molecule has 23 heavy (non-hydrogen) atoms. The van der Waals surface area contributed by atoms with Gasteiger partial charge >= 0.3 is 0 Å². The van der Waals surface area contributed by atoms with Crippen molar-refractivity contribution in [3.05, 3.63) is 59.3 Å². The Morgan fingerprint density at radius 1 is 1.26 bits per heavy atom. The third-order valence-corrected chi connectivity index (χ3v) is 3.78. The molecule has 0 atom stereocenters. The fourth-order valence-corrected chi connectivity index (χ4v) is 2.38. The van der Waals surface area contributed by atoms with Crippen LogP contribution < -0.4 is 10.2 Å². The van der Waals surface area contributed by atoms with E-state index in [1.807, 2.05) is 38.2 Å². The molecule has 0 aliphatic carbocycles. The van der Waals surface area contributed by atoms with Crippen molar-refractivity contribution in [2.75, 3.05) is 18.5 Å². The third kappa shape index (κ3) is 5.09. The van der Waals surface area contributed by atoms with Crippen molar-refractivity contribution >= 4 is 11.7 Å². The number of benzene rings is 1. The van der Waals surface area contributed by atoms with Crippen molar-refractivity contribution in [2.24, 2.45) is 0 Å². The van der Waals surface area contributed by atoms with E-state index in [1.165, 1.54) is 5.56 Å². The Bertz CT molecular complexity index is 655. The molecule has 1 aromatic heterocycles. The lowest BCUT2D eigenvalue weighted by Gasteiger charge is -2.18. The molecular weight excluding hydrogens is 286 g/mol. The number of aryl methyl sites for hydroxylation is 1. The lowest BCUT2D eigenvalue weighted by molar-refractivity contribution is 0.0951. The van der Waals surface area contributed by atoms with Crippen molar-refractivity contribution < 1.29 is 4.79 Å². The van der Waals surface area contributed by atoms with Crippen molar-refractivity contribution in [2.45, 2.75) is 33.2 Å². The van der Waals surface area contributed by atoms with Crippen LogP contribution >= 0.6 is 0 Å². The molecule has 0 saturated carbocycles. The van der Waals surface area contributed by atoms with E-state index in [9.17, 15) is 4.79 Å². The summed E-state index contributed by atoms with van der Waals surface area (Å²) in [6.07, 6.45) is 3.95. The molecule has 122 valence electrons. The average Bonchev–Trinajstić information content (AvgIpc) is 2.57. The lowest BCUT2D eigenvalue weighted by atomic mass is 10.1. The Labute approximate surface area is 138 Å². The molecule has 2 aromatic rings. The van der Waals surface area contributed by atoms with Crippen LogP contribution in [-0.4, -0.2) is 24.5 Å². The first kappa shape index (κ1) is 17.0. The van der Waals surface area contributed by atoms with E-state index in [2.05, 4.69) is 28.2 Å². The summed E-state index contributed by atoms with van der Waals surface area (Å²) in [6.45, 7) is 5.69. The van der Waals surface area contributed by atoms with Gasteiger partial charge in [0.25, 0.3) is 5.91 Å². The molecule has 0 radical (unpaired) electrons. The number of pyridine rings is 1. The average molecular weight is 311 g/mol. The second kappa shape index (κ2) is 8.32. The van der Waals surface area contributed by atoms with Crippen LogP contribution in [0.15, 0.2) is 42.6 Å². The zero-order chi connectivity index (χ0) is 16.7. The molecule has 0 spiro atoms. The second-order valence-electron chi connectivity index (χ2n) is 5.85. The molecule has 0 aliphatic rings. The number of carbonyl (C=O) groups excluding carboxylic acids is 1. The first-order chi connectivity index (χ1) is 11.1. The standard InChI is InChI=1S/C19H25N3O/c1-4-5-11-22(3)18-13-17(9-10-20-18)19(23)21-14-16-8-6-7-15(2)12-16/h6-10,12-13H,4-5,11,14H2,1-3H3,(H,21,23). The van der Waals surface area contributed by atoms with Gasteiger partial charge in [-0.2, -0.15) is 0 Å². The Morgan fingerprint density at radius 2 is 2.09 bits per heavy atom. The maximum Gasteiger partial charge on any atom is 0.251 e. The number of aromatic nitrogens is 1. The van der Waals surface area contributed by atoms with Crippen molar-refractivity contribution in [3.8, 4) is 0 Å². The van der Waals surface area contributed by atoms with Gasteiger partial charge in [-0.15, -0.1) is 0 Å². The summed E-state index contributed by atoms with van der Waals surface area (Å²) in [7, 11) is 2.01. The summed E-state index contributed by atoms with van der Waals surface area (Å²) >= 11 is 0. The smallest absolute Gasteiger partial charge is 0.251 e. The van der Waals surface area contributed by atoms with Gasteiger partial charge in [0.1, 0.15) is 5.82 Å². The van der Waals surface area contributed by atoms with E-state index in [-0.39, 0.29) is 5.91 Å². The summed E-state index contributed by atoms with van der Waals surface area (Å²) < 4.78 is 0. The van der Waals surface area contributed by atoms with Gasteiger partial charge in [-0.1, -0.05) is 43.2 Å². The highest BCUT2D eigenvalue weighted by atomic mass is 16.1. The maximum atomic E-state index is 12.3.